The van der Waals surface area contributed by atoms with Gasteiger partial charge in [-0.2, -0.15) is 0 Å². The first-order valence-corrected chi connectivity index (χ1v) is 6.14. The second-order valence-electron chi connectivity index (χ2n) is 3.87. The summed E-state index contributed by atoms with van der Waals surface area (Å²) in [4.78, 5) is 1.26. The monoisotopic (exact) mass is 237 g/mol. The number of nitrogens with zero attached hydrogens (tertiary/aromatic N) is 4. The van der Waals surface area contributed by atoms with Crippen LogP contribution in [0.1, 0.15) is 24.5 Å². The molecular formula is C10H15N5S. The van der Waals surface area contributed by atoms with Gasteiger partial charge < -0.3 is 5.32 Å². The molecule has 2 aromatic rings. The van der Waals surface area contributed by atoms with E-state index in [1.165, 1.54) is 4.88 Å². The molecule has 86 valence electrons. The van der Waals surface area contributed by atoms with Crippen molar-refractivity contribution in [3.63, 3.8) is 0 Å². The Morgan fingerprint density at radius 3 is 3.06 bits per heavy atom. The highest BCUT2D eigenvalue weighted by Gasteiger charge is 2.07. The molecule has 0 aliphatic rings. The lowest BCUT2D eigenvalue weighted by molar-refractivity contribution is 0.539. The van der Waals surface area contributed by atoms with Gasteiger partial charge in [0, 0.05) is 10.9 Å². The van der Waals surface area contributed by atoms with Crippen LogP contribution in [0.5, 0.6) is 0 Å². The van der Waals surface area contributed by atoms with Crippen molar-refractivity contribution in [1.82, 2.24) is 25.5 Å². The number of thiophene rings is 1. The molecule has 2 heterocycles. The number of tetrazole rings is 1. The molecule has 0 saturated carbocycles. The number of hydrogen-bond acceptors (Lipinski definition) is 5. The lowest BCUT2D eigenvalue weighted by Crippen LogP contribution is -2.24. The van der Waals surface area contributed by atoms with Crippen LogP contribution < -0.4 is 5.32 Å². The number of aromatic nitrogens is 4. The standard InChI is InChI=1S/C10H15N5S/c1-8(2)11-6-10-12-13-14-15(10)7-9-4-3-5-16-9/h3-5,8,11H,6-7H2,1-2H3. The first-order valence-electron chi connectivity index (χ1n) is 5.26. The summed E-state index contributed by atoms with van der Waals surface area (Å²) in [7, 11) is 0. The Morgan fingerprint density at radius 2 is 2.38 bits per heavy atom. The normalized spacial score (nSPS) is 11.2. The maximum Gasteiger partial charge on any atom is 0.165 e. The maximum atomic E-state index is 4.01. The van der Waals surface area contributed by atoms with Crippen LogP contribution in [-0.4, -0.2) is 26.2 Å². The van der Waals surface area contributed by atoms with Gasteiger partial charge >= 0.3 is 0 Å². The van der Waals surface area contributed by atoms with Gasteiger partial charge in [0.15, 0.2) is 5.82 Å². The molecule has 1 N–H and O–H groups in total. The lowest BCUT2D eigenvalue weighted by atomic mass is 10.4. The van der Waals surface area contributed by atoms with Gasteiger partial charge in [-0.1, -0.05) is 19.9 Å². The predicted octanol–water partition coefficient (Wildman–Crippen LogP) is 1.28. The van der Waals surface area contributed by atoms with Gasteiger partial charge in [0.2, 0.25) is 0 Å². The predicted molar refractivity (Wildman–Crippen MR) is 63.2 cm³/mol. The molecule has 2 rings (SSSR count). The zero-order valence-electron chi connectivity index (χ0n) is 9.42. The molecule has 0 fully saturated rings. The van der Waals surface area contributed by atoms with E-state index in [0.29, 0.717) is 12.6 Å². The van der Waals surface area contributed by atoms with E-state index in [1.807, 2.05) is 10.7 Å². The van der Waals surface area contributed by atoms with Gasteiger partial charge in [-0.05, 0) is 21.9 Å². The highest BCUT2D eigenvalue weighted by molar-refractivity contribution is 7.09. The third-order valence-corrected chi connectivity index (χ3v) is 3.02. The lowest BCUT2D eigenvalue weighted by Gasteiger charge is -2.07. The van der Waals surface area contributed by atoms with E-state index >= 15 is 0 Å². The van der Waals surface area contributed by atoms with Crippen molar-refractivity contribution >= 4 is 11.3 Å². The molecule has 6 heteroatoms. The second-order valence-corrected chi connectivity index (χ2v) is 4.90. The molecule has 0 unspecified atom stereocenters. The van der Waals surface area contributed by atoms with Crippen LogP contribution in [0, 0.1) is 0 Å². The highest BCUT2D eigenvalue weighted by Crippen LogP contribution is 2.10. The molecular weight excluding hydrogens is 222 g/mol. The number of nitrogens with one attached hydrogen (secondary N) is 1. The smallest absolute Gasteiger partial charge is 0.165 e. The molecule has 0 atom stereocenters. The van der Waals surface area contributed by atoms with E-state index in [2.05, 4.69) is 46.1 Å². The van der Waals surface area contributed by atoms with Crippen LogP contribution in [-0.2, 0) is 13.1 Å². The summed E-state index contributed by atoms with van der Waals surface area (Å²) in [5, 5.41) is 17.1. The van der Waals surface area contributed by atoms with Gasteiger partial charge in [0.1, 0.15) is 0 Å². The van der Waals surface area contributed by atoms with Crippen molar-refractivity contribution in [3.05, 3.63) is 28.2 Å². The van der Waals surface area contributed by atoms with E-state index in [0.717, 1.165) is 12.4 Å². The Kier molecular flexibility index (Phi) is 3.63. The Labute approximate surface area is 98.5 Å². The maximum absolute atomic E-state index is 4.01. The summed E-state index contributed by atoms with van der Waals surface area (Å²) < 4.78 is 1.83. The summed E-state index contributed by atoms with van der Waals surface area (Å²) in [5.74, 6) is 0.877. The van der Waals surface area contributed by atoms with Crippen LogP contribution in [0.25, 0.3) is 0 Å². The SMILES string of the molecule is CC(C)NCc1nnnn1Cc1cccs1. The summed E-state index contributed by atoms with van der Waals surface area (Å²) in [5.41, 5.74) is 0. The molecule has 0 aliphatic heterocycles. The molecule has 0 amide bonds. The fourth-order valence-corrected chi connectivity index (χ4v) is 2.00. The van der Waals surface area contributed by atoms with E-state index in [9.17, 15) is 0 Å². The molecule has 0 saturated heterocycles. The average Bonchev–Trinajstić information content (AvgIpc) is 2.87. The minimum Gasteiger partial charge on any atom is -0.308 e. The van der Waals surface area contributed by atoms with E-state index < -0.39 is 0 Å². The van der Waals surface area contributed by atoms with Crippen LogP contribution in [0.2, 0.25) is 0 Å². The number of rotatable bonds is 5. The molecule has 0 spiro atoms. The minimum absolute atomic E-state index is 0.437. The third-order valence-electron chi connectivity index (χ3n) is 2.16. The van der Waals surface area contributed by atoms with Crippen molar-refractivity contribution in [2.75, 3.05) is 0 Å². The van der Waals surface area contributed by atoms with Crippen molar-refractivity contribution in [1.29, 1.82) is 0 Å². The quantitative estimate of drug-likeness (QED) is 0.851. The molecule has 16 heavy (non-hydrogen) atoms. The minimum atomic E-state index is 0.437. The van der Waals surface area contributed by atoms with Crippen molar-refractivity contribution < 1.29 is 0 Å². The molecule has 0 bridgehead atoms. The van der Waals surface area contributed by atoms with Gasteiger partial charge in [-0.15, -0.1) is 16.4 Å². The largest absolute Gasteiger partial charge is 0.308 e. The first kappa shape index (κ1) is 11.2. The molecule has 2 aromatic heterocycles. The topological polar surface area (TPSA) is 55.6 Å². The molecule has 0 aromatic carbocycles. The van der Waals surface area contributed by atoms with Gasteiger partial charge in [0.05, 0.1) is 13.1 Å². The van der Waals surface area contributed by atoms with Gasteiger partial charge in [-0.3, -0.25) is 0 Å². The molecule has 5 nitrogen and oxygen atoms in total. The van der Waals surface area contributed by atoms with E-state index in [-0.39, 0.29) is 0 Å². The summed E-state index contributed by atoms with van der Waals surface area (Å²) in [6.45, 7) is 5.66. The van der Waals surface area contributed by atoms with Gasteiger partial charge in [-0.25, -0.2) is 4.68 Å². The highest BCUT2D eigenvalue weighted by atomic mass is 32.1. The van der Waals surface area contributed by atoms with Crippen LogP contribution in [0.3, 0.4) is 0 Å². The Morgan fingerprint density at radius 1 is 1.50 bits per heavy atom. The molecule has 0 aliphatic carbocycles. The third kappa shape index (κ3) is 2.86. The van der Waals surface area contributed by atoms with Crippen LogP contribution in [0.15, 0.2) is 17.5 Å². The van der Waals surface area contributed by atoms with Crippen molar-refractivity contribution in [2.24, 2.45) is 0 Å². The average molecular weight is 237 g/mol. The zero-order chi connectivity index (χ0) is 11.4. The summed E-state index contributed by atoms with van der Waals surface area (Å²) >= 11 is 1.72. The van der Waals surface area contributed by atoms with Crippen molar-refractivity contribution in [3.8, 4) is 0 Å². The van der Waals surface area contributed by atoms with Crippen LogP contribution in [0.4, 0.5) is 0 Å². The summed E-state index contributed by atoms with van der Waals surface area (Å²) in [6.07, 6.45) is 0. The second kappa shape index (κ2) is 5.18. The van der Waals surface area contributed by atoms with E-state index in [1.54, 1.807) is 11.3 Å². The van der Waals surface area contributed by atoms with Gasteiger partial charge in [0.25, 0.3) is 0 Å². The summed E-state index contributed by atoms with van der Waals surface area (Å²) in [6, 6.07) is 4.56. The number of hydrogen-bond donors (Lipinski definition) is 1. The molecule has 0 radical (unpaired) electrons. The Balaban J connectivity index is 2.01. The Hall–Kier alpha value is -1.27. The fraction of sp³-hybridized carbons (Fsp3) is 0.500. The van der Waals surface area contributed by atoms with Crippen LogP contribution >= 0.6 is 11.3 Å². The van der Waals surface area contributed by atoms with Crippen molar-refractivity contribution in [2.45, 2.75) is 33.0 Å². The fourth-order valence-electron chi connectivity index (χ4n) is 1.32. The first-order chi connectivity index (χ1) is 7.75. The Bertz CT molecular complexity index is 420. The van der Waals surface area contributed by atoms with E-state index in [4.69, 9.17) is 0 Å². The zero-order valence-corrected chi connectivity index (χ0v) is 10.2.